The maximum Gasteiger partial charge on any atom is -0.00489 e. The molecule has 0 radical (unpaired) electrons. The third-order valence-electron chi connectivity index (χ3n) is 7.63. The number of unbranched alkanes of at least 4 members (excludes halogenated alkanes) is 27. The summed E-state index contributed by atoms with van der Waals surface area (Å²) in [5.74, 6) is 0. The number of hydrogen-bond acceptors (Lipinski definition) is 1. The van der Waals surface area contributed by atoms with Gasteiger partial charge >= 0.3 is 0 Å². The van der Waals surface area contributed by atoms with Crippen LogP contribution < -0.4 is 5.32 Å². The molecule has 0 heterocycles. The molecule has 0 unspecified atom stereocenters. The van der Waals surface area contributed by atoms with Crippen molar-refractivity contribution in [3.05, 3.63) is 0 Å². The summed E-state index contributed by atoms with van der Waals surface area (Å²) in [5, 5.41) is 3.51. The van der Waals surface area contributed by atoms with Gasteiger partial charge in [0.1, 0.15) is 0 Å². The molecule has 34 heavy (non-hydrogen) atoms. The van der Waals surface area contributed by atoms with Crippen molar-refractivity contribution in [1.82, 2.24) is 5.32 Å². The molecular weight excluding hydrogens is 410 g/mol. The Morgan fingerprint density at radius 3 is 0.706 bits per heavy atom. The minimum Gasteiger partial charge on any atom is -0.317 e. The first-order valence-corrected chi connectivity index (χ1v) is 16.6. The molecule has 0 amide bonds. The lowest BCUT2D eigenvalue weighted by molar-refractivity contribution is 0.513. The second-order valence-electron chi connectivity index (χ2n) is 11.3. The summed E-state index contributed by atoms with van der Waals surface area (Å²) < 4.78 is 0. The highest BCUT2D eigenvalue weighted by Gasteiger charge is 1.96. The van der Waals surface area contributed by atoms with Crippen molar-refractivity contribution in [3.63, 3.8) is 0 Å². The molecule has 0 atom stereocenters. The molecule has 0 aromatic carbocycles. The first-order valence-electron chi connectivity index (χ1n) is 16.6. The van der Waals surface area contributed by atoms with Gasteiger partial charge in [-0.3, -0.25) is 0 Å². The minimum absolute atomic E-state index is 1.19. The van der Waals surface area contributed by atoms with Gasteiger partial charge in [-0.2, -0.15) is 0 Å². The van der Waals surface area contributed by atoms with E-state index in [1.54, 1.807) is 0 Å². The highest BCUT2D eigenvalue weighted by Crippen LogP contribution is 2.16. The summed E-state index contributed by atoms with van der Waals surface area (Å²) in [7, 11) is 0. The van der Waals surface area contributed by atoms with Crippen LogP contribution in [0.4, 0.5) is 0 Å². The van der Waals surface area contributed by atoms with E-state index < -0.39 is 0 Å². The minimum atomic E-state index is 1.19. The quantitative estimate of drug-likeness (QED) is 0.0974. The normalized spacial score (nSPS) is 11.5. The Bertz CT molecular complexity index is 295. The zero-order chi connectivity index (χ0) is 24.6. The Morgan fingerprint density at radius 2 is 0.471 bits per heavy atom. The molecule has 0 saturated carbocycles. The number of nitrogens with one attached hydrogen (secondary N) is 1. The van der Waals surface area contributed by atoms with E-state index in [9.17, 15) is 0 Å². The lowest BCUT2D eigenvalue weighted by atomic mass is 10.0. The van der Waals surface area contributed by atoms with E-state index in [0.29, 0.717) is 0 Å². The van der Waals surface area contributed by atoms with Crippen LogP contribution in [-0.2, 0) is 0 Å². The highest BCUT2D eigenvalue weighted by molar-refractivity contribution is 4.53. The molecular formula is C33H69N. The van der Waals surface area contributed by atoms with Crippen LogP contribution in [0.15, 0.2) is 0 Å². The summed E-state index contributed by atoms with van der Waals surface area (Å²) in [4.78, 5) is 0. The number of rotatable bonds is 31. The third-order valence-corrected chi connectivity index (χ3v) is 7.63. The first-order chi connectivity index (χ1) is 16.9. The van der Waals surface area contributed by atoms with Crippen LogP contribution in [0.25, 0.3) is 0 Å². The predicted molar refractivity (Wildman–Crippen MR) is 158 cm³/mol. The molecule has 0 fully saturated rings. The van der Waals surface area contributed by atoms with E-state index in [0.717, 1.165) is 0 Å². The third kappa shape index (κ3) is 32.0. The largest absolute Gasteiger partial charge is 0.317 e. The molecule has 0 aliphatic heterocycles. The average Bonchev–Trinajstić information content (AvgIpc) is 2.85. The summed E-state index contributed by atoms with van der Waals surface area (Å²) in [5.41, 5.74) is 0. The Hall–Kier alpha value is -0.0400. The van der Waals surface area contributed by atoms with Crippen LogP contribution in [0.5, 0.6) is 0 Å². The Labute approximate surface area is 218 Å². The highest BCUT2D eigenvalue weighted by atomic mass is 14.8. The molecule has 0 bridgehead atoms. The molecule has 1 heteroatoms. The molecule has 0 saturated heterocycles. The lowest BCUT2D eigenvalue weighted by Gasteiger charge is -2.05. The monoisotopic (exact) mass is 480 g/mol. The van der Waals surface area contributed by atoms with Crippen molar-refractivity contribution in [1.29, 1.82) is 0 Å². The van der Waals surface area contributed by atoms with E-state index in [1.165, 1.54) is 199 Å². The SMILES string of the molecule is CCCCCCCCCCCCCCCCCCCCCCCCCCCCCCNCCC. The molecule has 0 spiro atoms. The van der Waals surface area contributed by atoms with Gasteiger partial charge in [0.2, 0.25) is 0 Å². The standard InChI is InChI=1S/C33H69N/c1-3-5-6-7-8-9-10-11-12-13-14-15-16-17-18-19-20-21-22-23-24-25-26-27-28-29-30-31-33-34-32-4-2/h34H,3-33H2,1-2H3. The molecule has 0 aliphatic rings. The van der Waals surface area contributed by atoms with Gasteiger partial charge in [0, 0.05) is 0 Å². The summed E-state index contributed by atoms with van der Waals surface area (Å²) in [6, 6.07) is 0. The van der Waals surface area contributed by atoms with Crippen molar-refractivity contribution >= 4 is 0 Å². The van der Waals surface area contributed by atoms with Crippen LogP contribution in [0.3, 0.4) is 0 Å². The summed E-state index contributed by atoms with van der Waals surface area (Å²) in [6.45, 7) is 6.97. The molecule has 206 valence electrons. The number of hydrogen-bond donors (Lipinski definition) is 1. The summed E-state index contributed by atoms with van der Waals surface area (Å²) in [6.07, 6.45) is 42.5. The van der Waals surface area contributed by atoms with E-state index in [2.05, 4.69) is 19.2 Å². The van der Waals surface area contributed by atoms with Crippen molar-refractivity contribution < 1.29 is 0 Å². The molecule has 0 rings (SSSR count). The van der Waals surface area contributed by atoms with Gasteiger partial charge in [-0.05, 0) is 25.9 Å². The first kappa shape index (κ1) is 34.0. The van der Waals surface area contributed by atoms with Crippen molar-refractivity contribution in [2.75, 3.05) is 13.1 Å². The smallest absolute Gasteiger partial charge is 0.00489 e. The second kappa shape index (κ2) is 33.0. The molecule has 1 nitrogen and oxygen atoms in total. The fourth-order valence-corrected chi connectivity index (χ4v) is 5.22. The Morgan fingerprint density at radius 1 is 0.235 bits per heavy atom. The molecule has 0 aliphatic carbocycles. The predicted octanol–water partition coefficient (Wildman–Crippen LogP) is 11.9. The van der Waals surface area contributed by atoms with E-state index >= 15 is 0 Å². The van der Waals surface area contributed by atoms with Gasteiger partial charge in [0.15, 0.2) is 0 Å². The average molecular weight is 480 g/mol. The van der Waals surface area contributed by atoms with Gasteiger partial charge in [-0.15, -0.1) is 0 Å². The topological polar surface area (TPSA) is 12.0 Å². The van der Waals surface area contributed by atoms with Gasteiger partial charge in [0.05, 0.1) is 0 Å². The van der Waals surface area contributed by atoms with Gasteiger partial charge < -0.3 is 5.32 Å². The summed E-state index contributed by atoms with van der Waals surface area (Å²) >= 11 is 0. The van der Waals surface area contributed by atoms with Gasteiger partial charge in [-0.1, -0.05) is 187 Å². The fourth-order valence-electron chi connectivity index (χ4n) is 5.22. The Balaban J connectivity index is 2.99. The van der Waals surface area contributed by atoms with Gasteiger partial charge in [-0.25, -0.2) is 0 Å². The van der Waals surface area contributed by atoms with Crippen LogP contribution in [0.1, 0.15) is 200 Å². The van der Waals surface area contributed by atoms with Crippen LogP contribution >= 0.6 is 0 Å². The van der Waals surface area contributed by atoms with Crippen molar-refractivity contribution in [2.24, 2.45) is 0 Å². The molecule has 1 N–H and O–H groups in total. The van der Waals surface area contributed by atoms with Gasteiger partial charge in [0.25, 0.3) is 0 Å². The van der Waals surface area contributed by atoms with E-state index in [1.807, 2.05) is 0 Å². The maximum absolute atomic E-state index is 3.51. The van der Waals surface area contributed by atoms with Crippen molar-refractivity contribution in [2.45, 2.75) is 200 Å². The zero-order valence-electron chi connectivity index (χ0n) is 24.4. The van der Waals surface area contributed by atoms with E-state index in [4.69, 9.17) is 0 Å². The van der Waals surface area contributed by atoms with Crippen LogP contribution in [0, 0.1) is 0 Å². The maximum atomic E-state index is 3.51. The van der Waals surface area contributed by atoms with Crippen LogP contribution in [-0.4, -0.2) is 13.1 Å². The zero-order valence-corrected chi connectivity index (χ0v) is 24.4. The second-order valence-corrected chi connectivity index (χ2v) is 11.3. The van der Waals surface area contributed by atoms with E-state index in [-0.39, 0.29) is 0 Å². The fraction of sp³-hybridized carbons (Fsp3) is 1.00. The van der Waals surface area contributed by atoms with Crippen molar-refractivity contribution in [3.8, 4) is 0 Å². The molecule has 0 aromatic rings. The van der Waals surface area contributed by atoms with Crippen LogP contribution in [0.2, 0.25) is 0 Å². The Kier molecular flexibility index (Phi) is 32.9. The lowest BCUT2D eigenvalue weighted by Crippen LogP contribution is -2.15. The molecule has 0 aromatic heterocycles.